The molecular formula is C15H20FNO. The number of rotatable bonds is 4. The summed E-state index contributed by atoms with van der Waals surface area (Å²) in [5.41, 5.74) is 1.04. The molecule has 0 N–H and O–H groups in total. The maximum absolute atomic E-state index is 13.0. The predicted octanol–water partition coefficient (Wildman–Crippen LogP) is 2.81. The van der Waals surface area contributed by atoms with E-state index in [0.717, 1.165) is 44.2 Å². The Kier molecular flexibility index (Phi) is 4.48. The number of ketones is 1. The van der Waals surface area contributed by atoms with Crippen LogP contribution in [0.25, 0.3) is 0 Å². The Morgan fingerprint density at radius 2 is 2.06 bits per heavy atom. The van der Waals surface area contributed by atoms with Gasteiger partial charge in [-0.3, -0.25) is 4.79 Å². The van der Waals surface area contributed by atoms with E-state index in [4.69, 9.17) is 0 Å². The molecule has 2 rings (SSSR count). The molecule has 0 bridgehead atoms. The minimum absolute atomic E-state index is 0.168. The van der Waals surface area contributed by atoms with E-state index in [1.54, 1.807) is 12.1 Å². The van der Waals surface area contributed by atoms with Gasteiger partial charge < -0.3 is 4.90 Å². The first kappa shape index (κ1) is 13.2. The van der Waals surface area contributed by atoms with E-state index < -0.39 is 0 Å². The maximum atomic E-state index is 13.0. The second kappa shape index (κ2) is 6.10. The van der Waals surface area contributed by atoms with Crippen LogP contribution in [-0.4, -0.2) is 30.3 Å². The second-order valence-electron chi connectivity index (χ2n) is 5.13. The lowest BCUT2D eigenvalue weighted by molar-refractivity contribution is -0.121. The summed E-state index contributed by atoms with van der Waals surface area (Å²) in [6.45, 7) is 0.919. The summed E-state index contributed by atoms with van der Waals surface area (Å²) in [6.07, 6.45) is 4.24. The molecule has 0 spiro atoms. The monoisotopic (exact) mass is 249 g/mol. The molecule has 0 unspecified atom stereocenters. The minimum Gasteiger partial charge on any atom is -0.303 e. The van der Waals surface area contributed by atoms with Crippen molar-refractivity contribution in [2.45, 2.75) is 38.1 Å². The van der Waals surface area contributed by atoms with Crippen LogP contribution < -0.4 is 0 Å². The normalized spacial score (nSPS) is 17.4. The first-order valence-electron chi connectivity index (χ1n) is 6.61. The maximum Gasteiger partial charge on any atom is 0.133 e. The van der Waals surface area contributed by atoms with Crippen molar-refractivity contribution in [2.24, 2.45) is 0 Å². The molecule has 0 aromatic heterocycles. The van der Waals surface area contributed by atoms with E-state index in [-0.39, 0.29) is 5.82 Å². The van der Waals surface area contributed by atoms with Crippen molar-refractivity contribution in [3.63, 3.8) is 0 Å². The largest absolute Gasteiger partial charge is 0.303 e. The molecule has 0 saturated heterocycles. The van der Waals surface area contributed by atoms with Crippen molar-refractivity contribution in [1.82, 2.24) is 4.90 Å². The molecule has 1 fully saturated rings. The molecule has 1 aromatic rings. The fraction of sp³-hybridized carbons (Fsp3) is 0.533. The molecule has 1 aliphatic rings. The summed E-state index contributed by atoms with van der Waals surface area (Å²) in [6, 6.07) is 7.29. The lowest BCUT2D eigenvalue weighted by Gasteiger charge is -2.30. The van der Waals surface area contributed by atoms with Crippen molar-refractivity contribution in [1.29, 1.82) is 0 Å². The number of Topliss-reactive ketones (excluding diaryl/α,β-unsaturated/α-hetero) is 1. The van der Waals surface area contributed by atoms with Gasteiger partial charge >= 0.3 is 0 Å². The number of benzene rings is 1. The standard InChI is InChI=1S/C15H20FNO/c1-17(14-5-7-15(18)8-6-14)10-9-12-3-2-4-13(16)11-12/h2-4,11,14H,5-10H2,1H3. The third kappa shape index (κ3) is 3.64. The molecule has 2 nitrogen and oxygen atoms in total. The van der Waals surface area contributed by atoms with Gasteiger partial charge in [-0.05, 0) is 44.0 Å². The van der Waals surface area contributed by atoms with Crippen molar-refractivity contribution in [3.05, 3.63) is 35.6 Å². The smallest absolute Gasteiger partial charge is 0.133 e. The lowest BCUT2D eigenvalue weighted by Crippen LogP contribution is -2.36. The molecule has 3 heteroatoms. The van der Waals surface area contributed by atoms with Gasteiger partial charge in [0.25, 0.3) is 0 Å². The van der Waals surface area contributed by atoms with E-state index in [9.17, 15) is 9.18 Å². The number of hydrogen-bond donors (Lipinski definition) is 0. The highest BCUT2D eigenvalue weighted by Crippen LogP contribution is 2.19. The van der Waals surface area contributed by atoms with Crippen molar-refractivity contribution < 1.29 is 9.18 Å². The Bertz CT molecular complexity index is 409. The van der Waals surface area contributed by atoms with Crippen LogP contribution in [0.4, 0.5) is 4.39 Å². The van der Waals surface area contributed by atoms with Gasteiger partial charge in [0.15, 0.2) is 0 Å². The van der Waals surface area contributed by atoms with E-state index in [2.05, 4.69) is 11.9 Å². The van der Waals surface area contributed by atoms with Gasteiger partial charge in [0.1, 0.15) is 11.6 Å². The second-order valence-corrected chi connectivity index (χ2v) is 5.13. The predicted molar refractivity (Wildman–Crippen MR) is 70.0 cm³/mol. The van der Waals surface area contributed by atoms with Crippen LogP contribution in [-0.2, 0) is 11.2 Å². The lowest BCUT2D eigenvalue weighted by atomic mass is 9.93. The third-order valence-corrected chi connectivity index (χ3v) is 3.78. The molecule has 18 heavy (non-hydrogen) atoms. The van der Waals surface area contributed by atoms with E-state index in [0.29, 0.717) is 11.8 Å². The molecule has 0 radical (unpaired) electrons. The van der Waals surface area contributed by atoms with Gasteiger partial charge in [-0.25, -0.2) is 4.39 Å². The topological polar surface area (TPSA) is 20.3 Å². The van der Waals surface area contributed by atoms with Crippen LogP contribution in [0.2, 0.25) is 0 Å². The average molecular weight is 249 g/mol. The van der Waals surface area contributed by atoms with Crippen LogP contribution in [0.5, 0.6) is 0 Å². The molecule has 1 aliphatic carbocycles. The summed E-state index contributed by atoms with van der Waals surface area (Å²) in [5, 5.41) is 0. The first-order chi connectivity index (χ1) is 8.65. The number of hydrogen-bond acceptors (Lipinski definition) is 2. The summed E-state index contributed by atoms with van der Waals surface area (Å²) >= 11 is 0. The van der Waals surface area contributed by atoms with E-state index >= 15 is 0 Å². The van der Waals surface area contributed by atoms with Gasteiger partial charge in [0, 0.05) is 25.4 Å². The first-order valence-corrected chi connectivity index (χ1v) is 6.61. The third-order valence-electron chi connectivity index (χ3n) is 3.78. The van der Waals surface area contributed by atoms with Gasteiger partial charge in [0.2, 0.25) is 0 Å². The zero-order chi connectivity index (χ0) is 13.0. The number of carbonyl (C=O) groups excluding carboxylic acids is 1. The fourth-order valence-corrected chi connectivity index (χ4v) is 2.55. The van der Waals surface area contributed by atoms with Crippen molar-refractivity contribution in [3.8, 4) is 0 Å². The van der Waals surface area contributed by atoms with E-state index in [1.807, 2.05) is 6.07 Å². The molecule has 1 saturated carbocycles. The van der Waals surface area contributed by atoms with Gasteiger partial charge in [-0.2, -0.15) is 0 Å². The Morgan fingerprint density at radius 1 is 1.33 bits per heavy atom. The zero-order valence-corrected chi connectivity index (χ0v) is 10.9. The van der Waals surface area contributed by atoms with Crippen LogP contribution in [0.3, 0.4) is 0 Å². The molecule has 98 valence electrons. The molecule has 1 aromatic carbocycles. The highest BCUT2D eigenvalue weighted by Gasteiger charge is 2.21. The number of carbonyl (C=O) groups is 1. The quantitative estimate of drug-likeness (QED) is 0.818. The Hall–Kier alpha value is -1.22. The van der Waals surface area contributed by atoms with Gasteiger partial charge in [0.05, 0.1) is 0 Å². The summed E-state index contributed by atoms with van der Waals surface area (Å²) in [5.74, 6) is 0.225. The van der Waals surface area contributed by atoms with E-state index in [1.165, 1.54) is 6.07 Å². The molecule has 0 heterocycles. The van der Waals surface area contributed by atoms with Crippen molar-refractivity contribution in [2.75, 3.05) is 13.6 Å². The molecule has 0 atom stereocenters. The SMILES string of the molecule is CN(CCc1cccc(F)c1)C1CCC(=O)CC1. The average Bonchev–Trinajstić information content (AvgIpc) is 2.37. The number of halogens is 1. The summed E-state index contributed by atoms with van der Waals surface area (Å²) < 4.78 is 13.0. The van der Waals surface area contributed by atoms with Gasteiger partial charge in [-0.15, -0.1) is 0 Å². The van der Waals surface area contributed by atoms with Gasteiger partial charge in [-0.1, -0.05) is 12.1 Å². The van der Waals surface area contributed by atoms with Crippen LogP contribution in [0, 0.1) is 5.82 Å². The Morgan fingerprint density at radius 3 is 2.72 bits per heavy atom. The minimum atomic E-state index is -0.168. The molecular weight excluding hydrogens is 229 g/mol. The zero-order valence-electron chi connectivity index (χ0n) is 10.9. The molecule has 0 aliphatic heterocycles. The molecule has 0 amide bonds. The number of likely N-dealkylation sites (N-methyl/N-ethyl adjacent to an activating group) is 1. The highest BCUT2D eigenvalue weighted by atomic mass is 19.1. The van der Waals surface area contributed by atoms with Crippen LogP contribution in [0.15, 0.2) is 24.3 Å². The number of nitrogens with zero attached hydrogens (tertiary/aromatic N) is 1. The van der Waals surface area contributed by atoms with Crippen LogP contribution in [0.1, 0.15) is 31.2 Å². The Labute approximate surface area is 108 Å². The summed E-state index contributed by atoms with van der Waals surface area (Å²) in [4.78, 5) is 13.5. The van der Waals surface area contributed by atoms with Crippen molar-refractivity contribution >= 4 is 5.78 Å². The van der Waals surface area contributed by atoms with Crippen LogP contribution >= 0.6 is 0 Å². The Balaban J connectivity index is 1.81. The highest BCUT2D eigenvalue weighted by molar-refractivity contribution is 5.79. The fourth-order valence-electron chi connectivity index (χ4n) is 2.55. The summed E-state index contributed by atoms with van der Waals surface area (Å²) in [7, 11) is 2.10.